The second-order valence-corrected chi connectivity index (χ2v) is 8.25. The molecule has 0 radical (unpaired) electrons. The molecule has 0 fully saturated rings. The smallest absolute Gasteiger partial charge is 0.307 e. The third-order valence-corrected chi connectivity index (χ3v) is 5.52. The lowest BCUT2D eigenvalue weighted by atomic mass is 10.2. The zero-order valence-corrected chi connectivity index (χ0v) is 20.6. The number of halogens is 2. The molecule has 35 heavy (non-hydrogen) atoms. The van der Waals surface area contributed by atoms with Gasteiger partial charge in [0.1, 0.15) is 23.8 Å². The number of ether oxygens (including phenoxy) is 3. The van der Waals surface area contributed by atoms with Crippen molar-refractivity contribution >= 4 is 39.0 Å². The van der Waals surface area contributed by atoms with Gasteiger partial charge in [0.05, 0.1) is 24.4 Å². The fraction of sp³-hybridized carbons (Fsp3) is 0.154. The lowest BCUT2D eigenvalue weighted by Gasteiger charge is -2.13. The Morgan fingerprint density at radius 1 is 1.14 bits per heavy atom. The van der Waals surface area contributed by atoms with Crippen LogP contribution in [0.1, 0.15) is 28.6 Å². The van der Waals surface area contributed by atoms with Crippen LogP contribution >= 0.6 is 15.9 Å². The van der Waals surface area contributed by atoms with Gasteiger partial charge in [0.2, 0.25) is 0 Å². The van der Waals surface area contributed by atoms with Crippen LogP contribution in [0.25, 0.3) is 11.0 Å². The van der Waals surface area contributed by atoms with Crippen molar-refractivity contribution in [1.82, 2.24) is 5.43 Å². The van der Waals surface area contributed by atoms with Gasteiger partial charge in [-0.3, -0.25) is 4.79 Å². The molecule has 4 rings (SSSR count). The second-order valence-electron chi connectivity index (χ2n) is 7.40. The summed E-state index contributed by atoms with van der Waals surface area (Å²) in [5, 5.41) is 4.77. The normalized spacial score (nSPS) is 11.1. The number of hydrazone groups is 1. The minimum Gasteiger partial charge on any atom is -0.494 e. The number of methoxy groups -OCH3 is 1. The van der Waals surface area contributed by atoms with Crippen LogP contribution < -0.4 is 19.6 Å². The van der Waals surface area contributed by atoms with Crippen LogP contribution in [0.2, 0.25) is 0 Å². The number of hydrogen-bond acceptors (Lipinski definition) is 6. The Balaban J connectivity index is 1.43. The van der Waals surface area contributed by atoms with E-state index < -0.39 is 5.91 Å². The van der Waals surface area contributed by atoms with E-state index in [0.717, 1.165) is 5.39 Å². The first-order chi connectivity index (χ1) is 17.0. The molecule has 0 aliphatic rings. The molecule has 1 N–H and O–H groups in total. The fourth-order valence-corrected chi connectivity index (χ4v) is 3.92. The monoisotopic (exact) mass is 540 g/mol. The first-order valence-corrected chi connectivity index (χ1v) is 11.5. The summed E-state index contributed by atoms with van der Waals surface area (Å²) in [6.07, 6.45) is 1.47. The molecule has 9 heteroatoms. The largest absolute Gasteiger partial charge is 0.494 e. The van der Waals surface area contributed by atoms with Crippen molar-refractivity contribution in [2.75, 3.05) is 13.7 Å². The van der Waals surface area contributed by atoms with Crippen LogP contribution in [0.15, 0.2) is 74.7 Å². The summed E-state index contributed by atoms with van der Waals surface area (Å²) in [5.41, 5.74) is 4.37. The summed E-state index contributed by atoms with van der Waals surface area (Å²) in [6, 6.07) is 16.6. The van der Waals surface area contributed by atoms with Gasteiger partial charge in [-0.1, -0.05) is 12.1 Å². The molecule has 0 spiro atoms. The van der Waals surface area contributed by atoms with Crippen molar-refractivity contribution in [3.05, 3.63) is 87.8 Å². The first-order valence-electron chi connectivity index (χ1n) is 10.7. The van der Waals surface area contributed by atoms with Crippen LogP contribution in [-0.4, -0.2) is 25.8 Å². The number of nitrogens with one attached hydrogen (secondary N) is 1. The van der Waals surface area contributed by atoms with Crippen LogP contribution in [-0.2, 0) is 6.61 Å². The number of furan rings is 1. The molecule has 3 aromatic carbocycles. The molecule has 1 heterocycles. The van der Waals surface area contributed by atoms with E-state index in [0.29, 0.717) is 45.0 Å². The predicted molar refractivity (Wildman–Crippen MR) is 134 cm³/mol. The summed E-state index contributed by atoms with van der Waals surface area (Å²) < 4.78 is 36.4. The van der Waals surface area contributed by atoms with E-state index in [1.165, 1.54) is 25.5 Å². The minimum absolute atomic E-state index is 0.130. The molecule has 0 unspecified atom stereocenters. The standard InChI is InChI=1S/C26H22BrFN2O5/c1-3-33-20-7-8-22-18(12-20)13-24(35-22)26(31)30-29-14-17-10-21(27)25(23(11-17)32-2)34-15-16-5-4-6-19(28)9-16/h4-14H,3,15H2,1-2H3,(H,30,31)/b29-14+. The molecule has 0 aliphatic heterocycles. The Bertz CT molecular complexity index is 1390. The molecule has 0 saturated heterocycles. The molecule has 1 aromatic heterocycles. The number of amides is 1. The summed E-state index contributed by atoms with van der Waals surface area (Å²) >= 11 is 3.47. The Kier molecular flexibility index (Phi) is 7.67. The Hall–Kier alpha value is -3.85. The number of nitrogens with zero attached hydrogens (tertiary/aromatic N) is 1. The van der Waals surface area contributed by atoms with E-state index in [-0.39, 0.29) is 18.2 Å². The van der Waals surface area contributed by atoms with E-state index in [2.05, 4.69) is 26.5 Å². The van der Waals surface area contributed by atoms with Crippen LogP contribution in [0.4, 0.5) is 4.39 Å². The van der Waals surface area contributed by atoms with Crippen molar-refractivity contribution in [2.24, 2.45) is 5.10 Å². The van der Waals surface area contributed by atoms with Gasteiger partial charge in [0.15, 0.2) is 17.3 Å². The summed E-state index contributed by atoms with van der Waals surface area (Å²) in [4.78, 5) is 12.5. The number of fused-ring (bicyclic) bond motifs is 1. The van der Waals surface area contributed by atoms with Crippen molar-refractivity contribution in [1.29, 1.82) is 0 Å². The molecule has 4 aromatic rings. The molecule has 0 aliphatic carbocycles. The molecular formula is C26H22BrFN2O5. The van der Waals surface area contributed by atoms with Gasteiger partial charge in [0.25, 0.3) is 0 Å². The number of carbonyl (C=O) groups is 1. The van der Waals surface area contributed by atoms with Crippen LogP contribution in [0.3, 0.4) is 0 Å². The Labute approximate surface area is 209 Å². The second kappa shape index (κ2) is 11.1. The number of carbonyl (C=O) groups excluding carboxylic acids is 1. The van der Waals surface area contributed by atoms with Crippen molar-refractivity contribution < 1.29 is 27.8 Å². The average Bonchev–Trinajstić information content (AvgIpc) is 3.27. The first kappa shape index (κ1) is 24.3. The van der Waals surface area contributed by atoms with E-state index in [4.69, 9.17) is 18.6 Å². The highest BCUT2D eigenvalue weighted by atomic mass is 79.9. The van der Waals surface area contributed by atoms with Gasteiger partial charge in [-0.05, 0) is 82.5 Å². The Morgan fingerprint density at radius 2 is 2.00 bits per heavy atom. The SMILES string of the molecule is CCOc1ccc2oc(C(=O)N/N=C/c3cc(Br)c(OCc4cccc(F)c4)c(OC)c3)cc2c1. The topological polar surface area (TPSA) is 82.3 Å². The van der Waals surface area contributed by atoms with Crippen molar-refractivity contribution in [3.8, 4) is 17.2 Å². The predicted octanol–water partition coefficient (Wildman–Crippen LogP) is 6.08. The van der Waals surface area contributed by atoms with Crippen LogP contribution in [0.5, 0.6) is 17.2 Å². The number of rotatable bonds is 9. The maximum Gasteiger partial charge on any atom is 0.307 e. The van der Waals surface area contributed by atoms with E-state index in [9.17, 15) is 9.18 Å². The third kappa shape index (κ3) is 5.99. The van der Waals surface area contributed by atoms with Gasteiger partial charge in [-0.25, -0.2) is 9.82 Å². The lowest BCUT2D eigenvalue weighted by Crippen LogP contribution is -2.16. The third-order valence-electron chi connectivity index (χ3n) is 4.93. The van der Waals surface area contributed by atoms with Gasteiger partial charge in [-0.15, -0.1) is 0 Å². The minimum atomic E-state index is -0.489. The molecule has 0 saturated carbocycles. The zero-order valence-electron chi connectivity index (χ0n) is 19.0. The van der Waals surface area contributed by atoms with Crippen LogP contribution in [0, 0.1) is 5.82 Å². The van der Waals surface area contributed by atoms with Gasteiger partial charge in [0, 0.05) is 5.39 Å². The number of benzene rings is 3. The molecular weight excluding hydrogens is 519 g/mol. The lowest BCUT2D eigenvalue weighted by molar-refractivity contribution is 0.0929. The van der Waals surface area contributed by atoms with Gasteiger partial charge < -0.3 is 18.6 Å². The van der Waals surface area contributed by atoms with E-state index >= 15 is 0 Å². The van der Waals surface area contributed by atoms with Crippen molar-refractivity contribution in [2.45, 2.75) is 13.5 Å². The fourth-order valence-electron chi connectivity index (χ4n) is 3.35. The maximum atomic E-state index is 13.4. The molecule has 0 bridgehead atoms. The zero-order chi connectivity index (χ0) is 24.8. The highest BCUT2D eigenvalue weighted by molar-refractivity contribution is 9.10. The number of hydrogen-bond donors (Lipinski definition) is 1. The summed E-state index contributed by atoms with van der Waals surface area (Å²) in [5.74, 6) is 0.928. The van der Waals surface area contributed by atoms with Gasteiger partial charge in [-0.2, -0.15) is 5.10 Å². The average molecular weight is 541 g/mol. The molecule has 0 atom stereocenters. The van der Waals surface area contributed by atoms with Gasteiger partial charge >= 0.3 is 5.91 Å². The van der Waals surface area contributed by atoms with E-state index in [1.807, 2.05) is 13.0 Å². The molecule has 7 nitrogen and oxygen atoms in total. The molecule has 1 amide bonds. The highest BCUT2D eigenvalue weighted by Gasteiger charge is 2.14. The van der Waals surface area contributed by atoms with E-state index in [1.54, 1.807) is 42.5 Å². The molecule has 180 valence electrons. The Morgan fingerprint density at radius 3 is 2.77 bits per heavy atom. The summed E-state index contributed by atoms with van der Waals surface area (Å²) in [7, 11) is 1.51. The quantitative estimate of drug-likeness (QED) is 0.205. The highest BCUT2D eigenvalue weighted by Crippen LogP contribution is 2.37. The maximum absolute atomic E-state index is 13.4. The summed E-state index contributed by atoms with van der Waals surface area (Å²) in [6.45, 7) is 2.62. The van der Waals surface area contributed by atoms with Crippen molar-refractivity contribution in [3.63, 3.8) is 0 Å².